The summed E-state index contributed by atoms with van der Waals surface area (Å²) in [7, 11) is 0. The Hall–Kier alpha value is -4.08. The molecule has 6 aliphatic heterocycles. The summed E-state index contributed by atoms with van der Waals surface area (Å²) in [5, 5.41) is 8.90. The Morgan fingerprint density at radius 1 is 0.750 bits per heavy atom. The second-order valence-electron chi connectivity index (χ2n) is 14.1. The number of fused-ring (bicyclic) bond motifs is 8. The first-order chi connectivity index (χ1) is 23.6. The minimum absolute atomic E-state index is 0.0201. The lowest BCUT2D eigenvalue weighted by atomic mass is 9.70. The van der Waals surface area contributed by atoms with Gasteiger partial charge in [0.05, 0.1) is 32.8 Å². The van der Waals surface area contributed by atoms with Crippen molar-refractivity contribution in [1.29, 1.82) is 0 Å². The van der Waals surface area contributed by atoms with Gasteiger partial charge in [-0.05, 0) is 86.3 Å². The number of carbonyl (C=O) groups excluding carboxylic acids is 1. The van der Waals surface area contributed by atoms with Crippen molar-refractivity contribution in [2.45, 2.75) is 63.3 Å². The number of carboxylic acids is 1. The molecule has 1 amide bonds. The first-order valence-corrected chi connectivity index (χ1v) is 17.9. The average Bonchev–Trinajstić information content (AvgIpc) is 3.35. The Morgan fingerprint density at radius 3 is 1.92 bits per heavy atom. The zero-order chi connectivity index (χ0) is 32.4. The predicted octanol–water partition coefficient (Wildman–Crippen LogP) is 5.45. The Labute approximate surface area is 281 Å². The third-order valence-corrected chi connectivity index (χ3v) is 11.4. The smallest absolute Gasteiger partial charge is 0.305 e. The second-order valence-corrected chi connectivity index (χ2v) is 14.1. The number of nitrogens with zero attached hydrogens (tertiary/aromatic N) is 3. The summed E-state index contributed by atoms with van der Waals surface area (Å²) < 4.78 is 18.9. The van der Waals surface area contributed by atoms with Gasteiger partial charge < -0.3 is 34.0 Å². The van der Waals surface area contributed by atoms with Crippen molar-refractivity contribution in [2.24, 2.45) is 0 Å². The number of hydrogen-bond acceptors (Lipinski definition) is 7. The van der Waals surface area contributed by atoms with Crippen LogP contribution in [0.1, 0.15) is 81.4 Å². The zero-order valence-electron chi connectivity index (χ0n) is 27.5. The third-order valence-electron chi connectivity index (χ3n) is 11.4. The summed E-state index contributed by atoms with van der Waals surface area (Å²) in [4.78, 5) is 32.8. The third kappa shape index (κ3) is 4.43. The number of aliphatic carboxylic acids is 1. The van der Waals surface area contributed by atoms with E-state index in [2.05, 4.69) is 39.0 Å². The minimum Gasteiger partial charge on any atom is -0.481 e. The highest BCUT2D eigenvalue weighted by Gasteiger charge is 2.58. The molecule has 9 heteroatoms. The van der Waals surface area contributed by atoms with Gasteiger partial charge in [0.15, 0.2) is 0 Å². The van der Waals surface area contributed by atoms with Gasteiger partial charge in [0, 0.05) is 71.9 Å². The zero-order valence-corrected chi connectivity index (χ0v) is 27.5. The summed E-state index contributed by atoms with van der Waals surface area (Å²) >= 11 is 0. The quantitative estimate of drug-likeness (QED) is 0.307. The van der Waals surface area contributed by atoms with Crippen LogP contribution < -0.4 is 14.5 Å². The van der Waals surface area contributed by atoms with E-state index in [4.69, 9.17) is 19.3 Å². The molecule has 0 aromatic heterocycles. The van der Waals surface area contributed by atoms with Crippen molar-refractivity contribution >= 4 is 23.3 Å². The van der Waals surface area contributed by atoms with Crippen molar-refractivity contribution in [3.8, 4) is 11.5 Å². The normalized spacial score (nSPS) is 19.3. The Kier molecular flexibility index (Phi) is 7.38. The maximum atomic E-state index is 14.7. The molecule has 6 heterocycles. The molecule has 6 aliphatic rings. The van der Waals surface area contributed by atoms with Crippen LogP contribution in [0.25, 0.3) is 0 Å². The van der Waals surface area contributed by atoms with Gasteiger partial charge in [-0.1, -0.05) is 18.2 Å². The summed E-state index contributed by atoms with van der Waals surface area (Å²) in [6.07, 6.45) is 8.42. The SMILES string of the molecule is O=C(O)CCOCCOCCN1C(=O)c2ccccc2C12c1cc3c4c(c1Oc1c2cc2c5c1CCCN5CCC2)CCCN4CCC3. The van der Waals surface area contributed by atoms with Crippen LogP contribution >= 0.6 is 0 Å². The molecule has 250 valence electrons. The number of rotatable bonds is 9. The van der Waals surface area contributed by atoms with Gasteiger partial charge in [-0.15, -0.1) is 0 Å². The lowest BCUT2D eigenvalue weighted by molar-refractivity contribution is -0.138. The van der Waals surface area contributed by atoms with E-state index < -0.39 is 11.5 Å². The number of ether oxygens (including phenoxy) is 3. The Bertz CT molecular complexity index is 1730. The number of carbonyl (C=O) groups is 2. The topological polar surface area (TPSA) is 91.8 Å². The fourth-order valence-corrected chi connectivity index (χ4v) is 9.60. The number of benzene rings is 3. The molecule has 0 atom stereocenters. The molecule has 0 saturated heterocycles. The van der Waals surface area contributed by atoms with Crippen molar-refractivity contribution < 1.29 is 28.9 Å². The van der Waals surface area contributed by atoms with Gasteiger partial charge in [0.1, 0.15) is 17.0 Å². The van der Waals surface area contributed by atoms with Gasteiger partial charge in [-0.25, -0.2) is 0 Å². The van der Waals surface area contributed by atoms with Crippen LogP contribution in [-0.2, 0) is 45.5 Å². The molecule has 0 saturated carbocycles. The summed E-state index contributed by atoms with van der Waals surface area (Å²) in [6.45, 7) is 5.87. The molecular formula is C39H43N3O6. The summed E-state index contributed by atoms with van der Waals surface area (Å²) in [6, 6.07) is 13.0. The first kappa shape index (κ1) is 30.0. The number of hydrogen-bond donors (Lipinski definition) is 1. The monoisotopic (exact) mass is 649 g/mol. The van der Waals surface area contributed by atoms with Crippen molar-refractivity contribution in [1.82, 2.24) is 4.90 Å². The van der Waals surface area contributed by atoms with Gasteiger partial charge in [0.25, 0.3) is 5.91 Å². The van der Waals surface area contributed by atoms with Crippen LogP contribution in [0.15, 0.2) is 36.4 Å². The van der Waals surface area contributed by atoms with Crippen LogP contribution in [-0.4, -0.2) is 81.0 Å². The number of amides is 1. The Balaban J connectivity index is 1.22. The van der Waals surface area contributed by atoms with E-state index in [9.17, 15) is 9.59 Å². The molecule has 0 radical (unpaired) electrons. The molecule has 9 nitrogen and oxygen atoms in total. The van der Waals surface area contributed by atoms with E-state index in [1.807, 2.05) is 12.1 Å². The molecule has 3 aromatic carbocycles. The van der Waals surface area contributed by atoms with Crippen molar-refractivity contribution in [2.75, 3.05) is 69.0 Å². The molecular weight excluding hydrogens is 606 g/mol. The van der Waals surface area contributed by atoms with Crippen LogP contribution in [0.2, 0.25) is 0 Å². The number of anilines is 2. The van der Waals surface area contributed by atoms with Crippen LogP contribution in [0.4, 0.5) is 11.4 Å². The van der Waals surface area contributed by atoms with E-state index in [1.54, 1.807) is 0 Å². The van der Waals surface area contributed by atoms with Crippen molar-refractivity contribution in [3.63, 3.8) is 0 Å². The molecule has 3 aromatic rings. The second kappa shape index (κ2) is 11.8. The molecule has 0 bridgehead atoms. The molecule has 0 unspecified atom stereocenters. The first-order valence-electron chi connectivity index (χ1n) is 17.9. The fourth-order valence-electron chi connectivity index (χ4n) is 9.60. The fraction of sp³-hybridized carbons (Fsp3) is 0.487. The van der Waals surface area contributed by atoms with E-state index in [0.717, 1.165) is 111 Å². The molecule has 1 N–H and O–H groups in total. The number of aryl methyl sites for hydroxylation is 2. The molecule has 48 heavy (non-hydrogen) atoms. The highest BCUT2D eigenvalue weighted by Crippen LogP contribution is 2.62. The van der Waals surface area contributed by atoms with Crippen LogP contribution in [0.5, 0.6) is 11.5 Å². The van der Waals surface area contributed by atoms with Crippen LogP contribution in [0, 0.1) is 0 Å². The number of carboxylic acid groups (broad SMARTS) is 1. The van der Waals surface area contributed by atoms with E-state index in [-0.39, 0.29) is 18.9 Å². The lowest BCUT2D eigenvalue weighted by Gasteiger charge is -2.49. The van der Waals surface area contributed by atoms with Crippen LogP contribution in [0.3, 0.4) is 0 Å². The van der Waals surface area contributed by atoms with E-state index >= 15 is 0 Å². The standard InChI is InChI=1S/C39H43N3O6/c43-33(44)13-19-46-21-22-47-20-18-42-38(45)27-9-1-2-12-30(27)39(42)31-23-25-7-3-14-40-16-5-10-28(34(25)40)36(31)48-37-29-11-6-17-41-15-4-8-26(35(29)41)24-32(37)39/h1-2,9,12,23-24H,3-8,10-11,13-22H2,(H,43,44). The van der Waals surface area contributed by atoms with Gasteiger partial charge in [-0.2, -0.15) is 0 Å². The Morgan fingerprint density at radius 2 is 1.31 bits per heavy atom. The highest BCUT2D eigenvalue weighted by molar-refractivity contribution is 6.03. The largest absolute Gasteiger partial charge is 0.481 e. The molecule has 1 spiro atoms. The van der Waals surface area contributed by atoms with Crippen molar-refractivity contribution in [3.05, 3.63) is 80.9 Å². The van der Waals surface area contributed by atoms with Gasteiger partial charge in [0.2, 0.25) is 0 Å². The maximum Gasteiger partial charge on any atom is 0.305 e. The lowest BCUT2D eigenvalue weighted by Crippen LogP contribution is -2.49. The van der Waals surface area contributed by atoms with Gasteiger partial charge >= 0.3 is 5.97 Å². The minimum atomic E-state index is -0.878. The van der Waals surface area contributed by atoms with E-state index in [0.29, 0.717) is 26.4 Å². The summed E-state index contributed by atoms with van der Waals surface area (Å²) in [5.41, 5.74) is 11.2. The molecule has 0 aliphatic carbocycles. The molecule has 0 fully saturated rings. The maximum absolute atomic E-state index is 14.7. The average molecular weight is 650 g/mol. The summed E-state index contributed by atoms with van der Waals surface area (Å²) in [5.74, 6) is 1.06. The predicted molar refractivity (Wildman–Crippen MR) is 182 cm³/mol. The molecule has 9 rings (SSSR count). The highest BCUT2D eigenvalue weighted by atomic mass is 16.5. The van der Waals surface area contributed by atoms with Gasteiger partial charge in [-0.3, -0.25) is 9.59 Å². The van der Waals surface area contributed by atoms with E-state index in [1.165, 1.54) is 33.6 Å².